The Hall–Kier alpha value is -4.52. The summed E-state index contributed by atoms with van der Waals surface area (Å²) in [5.74, 6) is 0.123. The van der Waals surface area contributed by atoms with Crippen LogP contribution in [-0.4, -0.2) is 51.6 Å². The third-order valence-corrected chi connectivity index (χ3v) is 7.94. The highest BCUT2D eigenvalue weighted by molar-refractivity contribution is 6.02. The standard InChI is InChI=1S/C32H36F4N8O/c1-19(2)16-39-11-14-44-17-26(21-7-8-25(33)24(15-21)32(34,35)36)42-30(44)20-9-12-43(13-10-20)31-27(28(37)40-18-41-31)22-5-3-4-6-23(22)29(38)45/h3-8,15,17-20,39H,9-14,16H2,1-2H3,(H2,38,45)(H2,37,40,41). The summed E-state index contributed by atoms with van der Waals surface area (Å²) in [6, 6.07) is 9.88. The Morgan fingerprint density at radius 2 is 1.84 bits per heavy atom. The lowest BCUT2D eigenvalue weighted by molar-refractivity contribution is -0.139. The lowest BCUT2D eigenvalue weighted by atomic mass is 9.94. The SMILES string of the molecule is CC(C)CNCCn1cc(-c2ccc(F)c(C(F)(F)F)c2)nc1C1CCN(c2ncnc(N)c2-c2ccccc2C(N)=O)CC1. The number of primary amides is 1. The Morgan fingerprint density at radius 3 is 2.53 bits per heavy atom. The van der Waals surface area contributed by atoms with Gasteiger partial charge < -0.3 is 26.3 Å². The smallest absolute Gasteiger partial charge is 0.383 e. The largest absolute Gasteiger partial charge is 0.419 e. The molecule has 1 aliphatic heterocycles. The van der Waals surface area contributed by atoms with E-state index in [0.717, 1.165) is 24.5 Å². The number of imidazole rings is 1. The molecule has 1 aliphatic rings. The molecular formula is C32H36F4N8O. The van der Waals surface area contributed by atoms with Gasteiger partial charge in [0.05, 0.1) is 16.8 Å². The van der Waals surface area contributed by atoms with Gasteiger partial charge in [0.15, 0.2) is 0 Å². The maximum absolute atomic E-state index is 14.0. The minimum absolute atomic E-state index is 0.00294. The summed E-state index contributed by atoms with van der Waals surface area (Å²) >= 11 is 0. The van der Waals surface area contributed by atoms with Crippen molar-refractivity contribution in [3.05, 3.63) is 77.8 Å². The molecule has 13 heteroatoms. The van der Waals surface area contributed by atoms with Gasteiger partial charge >= 0.3 is 6.18 Å². The molecule has 3 heterocycles. The Morgan fingerprint density at radius 1 is 1.11 bits per heavy atom. The zero-order valence-corrected chi connectivity index (χ0v) is 25.1. The molecule has 1 saturated heterocycles. The van der Waals surface area contributed by atoms with Crippen molar-refractivity contribution in [1.29, 1.82) is 0 Å². The third kappa shape index (κ3) is 7.08. The van der Waals surface area contributed by atoms with E-state index >= 15 is 0 Å². The van der Waals surface area contributed by atoms with Crippen molar-refractivity contribution in [2.75, 3.05) is 36.8 Å². The van der Waals surface area contributed by atoms with E-state index in [0.29, 0.717) is 73.1 Å². The van der Waals surface area contributed by atoms with Crippen molar-refractivity contribution in [1.82, 2.24) is 24.8 Å². The first-order valence-corrected chi connectivity index (χ1v) is 14.8. The van der Waals surface area contributed by atoms with E-state index in [1.54, 1.807) is 30.5 Å². The van der Waals surface area contributed by atoms with E-state index in [1.165, 1.54) is 12.4 Å². The zero-order valence-electron chi connectivity index (χ0n) is 25.1. The highest BCUT2D eigenvalue weighted by Crippen LogP contribution is 2.39. The summed E-state index contributed by atoms with van der Waals surface area (Å²) in [6.07, 6.45) is -0.341. The number of carbonyl (C=O) groups is 1. The zero-order chi connectivity index (χ0) is 32.3. The van der Waals surface area contributed by atoms with Crippen molar-refractivity contribution in [3.63, 3.8) is 0 Å². The number of hydrogen-bond acceptors (Lipinski definition) is 7. The van der Waals surface area contributed by atoms with Gasteiger partial charge in [-0.25, -0.2) is 19.3 Å². The van der Waals surface area contributed by atoms with Crippen LogP contribution in [0.15, 0.2) is 55.0 Å². The second-order valence-corrected chi connectivity index (χ2v) is 11.6. The summed E-state index contributed by atoms with van der Waals surface area (Å²) in [7, 11) is 0. The maximum atomic E-state index is 14.0. The van der Waals surface area contributed by atoms with E-state index in [2.05, 4.69) is 34.0 Å². The molecule has 2 aromatic heterocycles. The summed E-state index contributed by atoms with van der Waals surface area (Å²) in [5.41, 5.74) is 12.6. The molecule has 2 aromatic carbocycles. The molecule has 5 rings (SSSR count). The number of piperidine rings is 1. The quantitative estimate of drug-likeness (QED) is 0.158. The van der Waals surface area contributed by atoms with Crippen molar-refractivity contribution in [3.8, 4) is 22.4 Å². The first-order valence-electron chi connectivity index (χ1n) is 14.8. The van der Waals surface area contributed by atoms with Crippen molar-refractivity contribution < 1.29 is 22.4 Å². The van der Waals surface area contributed by atoms with Crippen LogP contribution in [0.25, 0.3) is 22.4 Å². The number of aromatic nitrogens is 4. The number of alkyl halides is 3. The predicted octanol–water partition coefficient (Wildman–Crippen LogP) is 5.48. The van der Waals surface area contributed by atoms with Gasteiger partial charge in [-0.3, -0.25) is 4.79 Å². The van der Waals surface area contributed by atoms with E-state index in [-0.39, 0.29) is 17.3 Å². The minimum Gasteiger partial charge on any atom is -0.383 e. The first kappa shape index (κ1) is 31.9. The van der Waals surface area contributed by atoms with Crippen LogP contribution in [0.3, 0.4) is 0 Å². The maximum Gasteiger partial charge on any atom is 0.419 e. The second-order valence-electron chi connectivity index (χ2n) is 11.6. The summed E-state index contributed by atoms with van der Waals surface area (Å²) < 4.78 is 56.4. The van der Waals surface area contributed by atoms with Gasteiger partial charge in [0.2, 0.25) is 5.91 Å². The fraction of sp³-hybridized carbons (Fsp3) is 0.375. The lowest BCUT2D eigenvalue weighted by Gasteiger charge is -2.34. The van der Waals surface area contributed by atoms with E-state index < -0.39 is 23.5 Å². The average molecular weight is 625 g/mol. The molecule has 9 nitrogen and oxygen atoms in total. The van der Waals surface area contributed by atoms with Gasteiger partial charge in [-0.05, 0) is 49.6 Å². The Bertz CT molecular complexity index is 1660. The van der Waals surface area contributed by atoms with Crippen LogP contribution in [0.1, 0.15) is 54.4 Å². The molecule has 5 N–H and O–H groups in total. The Balaban J connectivity index is 1.42. The monoisotopic (exact) mass is 624 g/mol. The molecule has 0 radical (unpaired) electrons. The minimum atomic E-state index is -4.82. The molecule has 238 valence electrons. The normalized spacial score (nSPS) is 14.3. The Labute approximate surface area is 258 Å². The highest BCUT2D eigenvalue weighted by atomic mass is 19.4. The number of carbonyl (C=O) groups excluding carboxylic acids is 1. The number of benzene rings is 2. The second kappa shape index (κ2) is 13.2. The van der Waals surface area contributed by atoms with Gasteiger partial charge in [0, 0.05) is 55.0 Å². The topological polar surface area (TPSA) is 128 Å². The fourth-order valence-corrected chi connectivity index (χ4v) is 5.72. The summed E-state index contributed by atoms with van der Waals surface area (Å²) in [4.78, 5) is 27.8. The van der Waals surface area contributed by atoms with Crippen LogP contribution < -0.4 is 21.7 Å². The number of anilines is 2. The van der Waals surface area contributed by atoms with Crippen molar-refractivity contribution in [2.24, 2.45) is 11.7 Å². The molecule has 45 heavy (non-hydrogen) atoms. The molecular weight excluding hydrogens is 588 g/mol. The van der Waals surface area contributed by atoms with Crippen LogP contribution in [-0.2, 0) is 12.7 Å². The molecule has 0 spiro atoms. The molecule has 0 saturated carbocycles. The average Bonchev–Trinajstić information content (AvgIpc) is 3.43. The molecule has 1 amide bonds. The third-order valence-electron chi connectivity index (χ3n) is 7.94. The van der Waals surface area contributed by atoms with E-state index in [9.17, 15) is 22.4 Å². The molecule has 0 unspecified atom stereocenters. The number of nitrogens with zero attached hydrogens (tertiary/aromatic N) is 5. The van der Waals surface area contributed by atoms with E-state index in [1.807, 2.05) is 4.57 Å². The Kier molecular flexibility index (Phi) is 9.37. The first-order chi connectivity index (χ1) is 21.4. The number of halogens is 4. The molecule has 0 bridgehead atoms. The molecule has 4 aromatic rings. The lowest BCUT2D eigenvalue weighted by Crippen LogP contribution is -2.35. The van der Waals surface area contributed by atoms with Crippen LogP contribution in [0.4, 0.5) is 29.2 Å². The van der Waals surface area contributed by atoms with Gasteiger partial charge in [-0.15, -0.1) is 0 Å². The highest BCUT2D eigenvalue weighted by Gasteiger charge is 2.35. The fourth-order valence-electron chi connectivity index (χ4n) is 5.72. The molecule has 1 fully saturated rings. The van der Waals surface area contributed by atoms with Crippen molar-refractivity contribution >= 4 is 17.5 Å². The summed E-state index contributed by atoms with van der Waals surface area (Å²) in [5, 5.41) is 3.40. The number of hydrogen-bond donors (Lipinski definition) is 3. The van der Waals surface area contributed by atoms with Gasteiger partial charge in [-0.1, -0.05) is 32.0 Å². The van der Waals surface area contributed by atoms with E-state index in [4.69, 9.17) is 16.5 Å². The predicted molar refractivity (Wildman–Crippen MR) is 165 cm³/mol. The van der Waals surface area contributed by atoms with Gasteiger partial charge in [0.25, 0.3) is 0 Å². The number of rotatable bonds is 10. The van der Waals surface area contributed by atoms with Gasteiger partial charge in [0.1, 0.15) is 29.6 Å². The number of nitrogen functional groups attached to an aromatic ring is 1. The van der Waals surface area contributed by atoms with Crippen LogP contribution in [0, 0.1) is 11.7 Å². The number of nitrogens with two attached hydrogens (primary N) is 2. The molecule has 0 atom stereocenters. The van der Waals surface area contributed by atoms with Crippen LogP contribution in [0.5, 0.6) is 0 Å². The van der Waals surface area contributed by atoms with Crippen molar-refractivity contribution in [2.45, 2.75) is 45.3 Å². The van der Waals surface area contributed by atoms with Gasteiger partial charge in [-0.2, -0.15) is 13.2 Å². The summed E-state index contributed by atoms with van der Waals surface area (Å²) in [6.45, 7) is 7.42. The molecule has 0 aliphatic carbocycles. The van der Waals surface area contributed by atoms with Crippen LogP contribution >= 0.6 is 0 Å². The number of amides is 1. The van der Waals surface area contributed by atoms with Crippen LogP contribution in [0.2, 0.25) is 0 Å². The number of nitrogens with one attached hydrogen (secondary N) is 1.